The molecule has 1 aliphatic carbocycles. The topological polar surface area (TPSA) is 143 Å². The van der Waals surface area contributed by atoms with Gasteiger partial charge in [0.15, 0.2) is 0 Å². The number of benzodiazepines with no additional fused rings is 1. The minimum atomic E-state index is -0.555. The summed E-state index contributed by atoms with van der Waals surface area (Å²) in [5.41, 5.74) is 7.58. The lowest BCUT2D eigenvalue weighted by Gasteiger charge is -2.25. The van der Waals surface area contributed by atoms with Gasteiger partial charge in [0.2, 0.25) is 12.4 Å². The van der Waals surface area contributed by atoms with Gasteiger partial charge in [0.25, 0.3) is 11.8 Å². The molecule has 0 aromatic heterocycles. The fourth-order valence-electron chi connectivity index (χ4n) is 6.40. The molecular weight excluding hydrogens is 715 g/mol. The van der Waals surface area contributed by atoms with E-state index in [1.165, 1.54) is 4.90 Å². The van der Waals surface area contributed by atoms with E-state index in [1.54, 1.807) is 42.6 Å². The number of aliphatic imine (C=N–C) groups is 4. The predicted octanol–water partition coefficient (Wildman–Crippen LogP) is 6.97. The Morgan fingerprint density at radius 2 is 1.89 bits per heavy atom. The number of nitrogens with one attached hydrogen (secondary N) is 3. The fourth-order valence-corrected chi connectivity index (χ4v) is 6.40. The zero-order valence-electron chi connectivity index (χ0n) is 34.6. The molecule has 2 aromatic rings. The Morgan fingerprint density at radius 3 is 2.58 bits per heavy atom. The first kappa shape index (κ1) is 43.8. The molecule has 12 nitrogen and oxygen atoms in total. The lowest BCUT2D eigenvalue weighted by molar-refractivity contribution is -0.120. The van der Waals surface area contributed by atoms with E-state index in [4.69, 9.17) is 4.99 Å². The molecule has 302 valence electrons. The second-order valence-electron chi connectivity index (χ2n) is 14.4. The third-order valence-corrected chi connectivity index (χ3v) is 9.38. The van der Waals surface area contributed by atoms with E-state index >= 15 is 0 Å². The zero-order chi connectivity index (χ0) is 41.3. The minimum Gasteiger partial charge on any atom is -0.385 e. The van der Waals surface area contributed by atoms with Crippen molar-refractivity contribution in [2.45, 2.75) is 85.7 Å². The highest BCUT2D eigenvalue weighted by molar-refractivity contribution is 6.20. The summed E-state index contributed by atoms with van der Waals surface area (Å²) in [6.45, 7) is 17.2. The van der Waals surface area contributed by atoms with Crippen LogP contribution in [0.15, 0.2) is 116 Å². The number of allylic oxidation sites excluding steroid dienone is 2. The van der Waals surface area contributed by atoms with Gasteiger partial charge in [-0.05, 0) is 75.3 Å². The largest absolute Gasteiger partial charge is 0.385 e. The first-order chi connectivity index (χ1) is 27.6. The molecule has 0 fully saturated rings. The van der Waals surface area contributed by atoms with Crippen LogP contribution in [0.5, 0.6) is 0 Å². The maximum absolute atomic E-state index is 14.0. The van der Waals surface area contributed by atoms with E-state index in [1.807, 2.05) is 70.2 Å². The van der Waals surface area contributed by atoms with Crippen LogP contribution >= 0.6 is 0 Å². The smallest absolute Gasteiger partial charge is 0.252 e. The molecule has 0 bridgehead atoms. The molecule has 3 aliphatic rings. The number of carbonyl (C=O) groups is 3. The molecule has 57 heavy (non-hydrogen) atoms. The molecule has 2 atom stereocenters. The van der Waals surface area contributed by atoms with E-state index < -0.39 is 6.04 Å². The van der Waals surface area contributed by atoms with Crippen LogP contribution in [0.1, 0.15) is 95.1 Å². The third kappa shape index (κ3) is 12.5. The van der Waals surface area contributed by atoms with Gasteiger partial charge < -0.3 is 25.8 Å². The number of carbonyl (C=O) groups excluding carboxylic acids is 3. The number of guanidine groups is 1. The fraction of sp³-hybridized carbons (Fsp3) is 0.400. The van der Waals surface area contributed by atoms with Crippen molar-refractivity contribution in [1.82, 2.24) is 20.9 Å². The first-order valence-electron chi connectivity index (χ1n) is 19.9. The van der Waals surface area contributed by atoms with Crippen molar-refractivity contribution >= 4 is 47.5 Å². The van der Waals surface area contributed by atoms with Gasteiger partial charge in [0.1, 0.15) is 12.7 Å². The highest BCUT2D eigenvalue weighted by Gasteiger charge is 2.32. The Morgan fingerprint density at radius 1 is 1.12 bits per heavy atom. The summed E-state index contributed by atoms with van der Waals surface area (Å²) < 4.78 is 0. The molecule has 5 rings (SSSR count). The van der Waals surface area contributed by atoms with E-state index in [2.05, 4.69) is 57.4 Å². The van der Waals surface area contributed by atoms with Gasteiger partial charge in [-0.2, -0.15) is 0 Å². The molecule has 3 amide bonds. The van der Waals surface area contributed by atoms with Crippen LogP contribution in [0, 0.1) is 5.92 Å². The van der Waals surface area contributed by atoms with E-state index in [0.29, 0.717) is 49.6 Å². The summed E-state index contributed by atoms with van der Waals surface area (Å²) in [5, 5.41) is 9.91. The van der Waals surface area contributed by atoms with Gasteiger partial charge in [0.05, 0.1) is 17.4 Å². The Bertz CT molecular complexity index is 1960. The van der Waals surface area contributed by atoms with Crippen LogP contribution in [0.2, 0.25) is 0 Å². The van der Waals surface area contributed by atoms with Crippen LogP contribution in [0.3, 0.4) is 0 Å². The summed E-state index contributed by atoms with van der Waals surface area (Å²) >= 11 is 0. The summed E-state index contributed by atoms with van der Waals surface area (Å²) in [6, 6.07) is 14.6. The molecule has 2 aromatic carbocycles. The van der Waals surface area contributed by atoms with E-state index in [9.17, 15) is 14.4 Å². The summed E-state index contributed by atoms with van der Waals surface area (Å²) in [5.74, 6) is 0.341. The predicted molar refractivity (Wildman–Crippen MR) is 234 cm³/mol. The Hall–Kier alpha value is -5.91. The maximum Gasteiger partial charge on any atom is 0.252 e. The van der Waals surface area contributed by atoms with Gasteiger partial charge in [-0.3, -0.25) is 24.4 Å². The van der Waals surface area contributed by atoms with Crippen molar-refractivity contribution in [2.24, 2.45) is 25.9 Å². The van der Waals surface area contributed by atoms with Crippen molar-refractivity contribution in [3.8, 4) is 0 Å². The summed E-state index contributed by atoms with van der Waals surface area (Å²) in [7, 11) is 1.66. The number of benzene rings is 2. The molecule has 2 heterocycles. The molecule has 0 saturated heterocycles. The molecule has 2 aliphatic heterocycles. The zero-order valence-corrected chi connectivity index (χ0v) is 34.6. The van der Waals surface area contributed by atoms with Crippen molar-refractivity contribution in [3.05, 3.63) is 113 Å². The third-order valence-electron chi connectivity index (χ3n) is 9.38. The number of anilines is 1. The molecular formula is C45H59N9O3. The van der Waals surface area contributed by atoms with Crippen LogP contribution in [0.25, 0.3) is 0 Å². The van der Waals surface area contributed by atoms with Crippen LogP contribution in [-0.2, 0) is 9.59 Å². The van der Waals surface area contributed by atoms with Crippen molar-refractivity contribution < 1.29 is 14.4 Å². The number of hydrogen-bond donors (Lipinski definition) is 3. The van der Waals surface area contributed by atoms with Gasteiger partial charge in [-0.25, -0.2) is 9.98 Å². The standard InChI is InChI=1S/C43H53N9O3.C2H6/c1-7-22-52-39-24-33(16-19-36(39)40(32-12-9-8-10-13-32)50-38(42(52)55)23-29(2)3)41(54)48-34-17-14-30(4)37(25-34)44-20-11-21-45-43(47-27-51(6)28-53)49-35-18-15-31(5)46-26-35;1-2/h7-10,12-14,16,19,21,24-26,28-29,34,38,44H,1,11,15,17-18,20,22-23,27H2,2-6H3,(H,47,49)(H,48,54);1-2H3/t34?,38-;/m0./s1. The summed E-state index contributed by atoms with van der Waals surface area (Å²) in [4.78, 5) is 60.5. The van der Waals surface area contributed by atoms with Gasteiger partial charge >= 0.3 is 0 Å². The van der Waals surface area contributed by atoms with Crippen LogP contribution in [0.4, 0.5) is 5.69 Å². The van der Waals surface area contributed by atoms with Crippen molar-refractivity contribution in [3.63, 3.8) is 0 Å². The van der Waals surface area contributed by atoms with Gasteiger partial charge in [-0.15, -0.1) is 6.58 Å². The average Bonchev–Trinajstić information content (AvgIpc) is 3.32. The molecule has 1 unspecified atom stereocenters. The molecule has 0 saturated carbocycles. The van der Waals surface area contributed by atoms with Gasteiger partial charge in [0, 0.05) is 72.8 Å². The van der Waals surface area contributed by atoms with Gasteiger partial charge in [-0.1, -0.05) is 70.2 Å². The monoisotopic (exact) mass is 773 g/mol. The average molecular weight is 774 g/mol. The number of fused-ring (bicyclic) bond motifs is 1. The number of nitrogens with zero attached hydrogens (tertiary/aromatic N) is 6. The maximum atomic E-state index is 14.0. The molecule has 0 radical (unpaired) electrons. The molecule has 3 N–H and O–H groups in total. The quantitative estimate of drug-likeness (QED) is 0.0590. The molecule has 12 heteroatoms. The highest BCUT2D eigenvalue weighted by atomic mass is 16.2. The highest BCUT2D eigenvalue weighted by Crippen LogP contribution is 2.31. The number of rotatable bonds is 15. The second kappa shape index (κ2) is 22.0. The van der Waals surface area contributed by atoms with Crippen LogP contribution < -0.4 is 20.9 Å². The minimum absolute atomic E-state index is 0.105. The summed E-state index contributed by atoms with van der Waals surface area (Å²) in [6.07, 6.45) is 13.7. The number of amides is 3. The Balaban J connectivity index is 0.00000354. The second-order valence-corrected chi connectivity index (χ2v) is 14.4. The normalized spacial score (nSPS) is 18.1. The first-order valence-corrected chi connectivity index (χ1v) is 19.9. The molecule has 0 spiro atoms. The Kier molecular flexibility index (Phi) is 16.9. The van der Waals surface area contributed by atoms with E-state index in [0.717, 1.165) is 58.8 Å². The number of hydrogen-bond acceptors (Lipinski definition) is 7. The Labute approximate surface area is 338 Å². The van der Waals surface area contributed by atoms with Crippen LogP contribution in [-0.4, -0.2) is 85.6 Å². The van der Waals surface area contributed by atoms with Crippen molar-refractivity contribution in [1.29, 1.82) is 0 Å². The SMILES string of the molecule is C=CCN1C(=O)[C@H](CC(C)C)N=C(c2ccccc2)c2ccc(C(=O)NC3C=C(NCCC=NC(=NCN(C)C=O)NC4=CN=C(C)CC4)C(C)=CC3)cc21.CC. The lowest BCUT2D eigenvalue weighted by atomic mass is 9.97. The van der Waals surface area contributed by atoms with Crippen molar-refractivity contribution in [2.75, 3.05) is 31.7 Å². The lowest BCUT2D eigenvalue weighted by Crippen LogP contribution is -2.39. The van der Waals surface area contributed by atoms with E-state index in [-0.39, 0.29) is 30.4 Å².